The summed E-state index contributed by atoms with van der Waals surface area (Å²) in [5.74, 6) is -2.12. The monoisotopic (exact) mass is 772 g/mol. The van der Waals surface area contributed by atoms with Crippen LogP contribution in [0.25, 0.3) is 0 Å². The van der Waals surface area contributed by atoms with Gasteiger partial charge in [-0.1, -0.05) is 104 Å². The molecule has 9 heteroatoms. The van der Waals surface area contributed by atoms with Crippen molar-refractivity contribution in [2.75, 3.05) is 7.11 Å². The van der Waals surface area contributed by atoms with E-state index in [4.69, 9.17) is 18.9 Å². The minimum absolute atomic E-state index is 0.0281. The fourth-order valence-corrected chi connectivity index (χ4v) is 6.77. The van der Waals surface area contributed by atoms with E-state index in [0.717, 1.165) is 31.3 Å². The van der Waals surface area contributed by atoms with Crippen LogP contribution < -0.4 is 0 Å². The van der Waals surface area contributed by atoms with E-state index in [2.05, 4.69) is 60.7 Å². The molecule has 47 heavy (non-hydrogen) atoms. The molecule has 0 unspecified atom stereocenters. The predicted octanol–water partition coefficient (Wildman–Crippen LogP) is 7.37. The van der Waals surface area contributed by atoms with Crippen LogP contribution in [0.2, 0.25) is 0 Å². The van der Waals surface area contributed by atoms with E-state index in [0.29, 0.717) is 6.42 Å². The quantitative estimate of drug-likeness (QED) is 0.146. The molecule has 0 aliphatic carbocycles. The number of esters is 1. The molecule has 2 aliphatic rings. The fourth-order valence-electron chi connectivity index (χ4n) is 6.53. The maximum absolute atomic E-state index is 13.4. The number of carbonyl (C=O) groups excluding carboxylic acids is 1. The average Bonchev–Trinajstić information content (AvgIpc) is 3.00. The largest absolute Gasteiger partial charge is 0.462 e. The minimum atomic E-state index is -1.02. The van der Waals surface area contributed by atoms with E-state index in [9.17, 15) is 20.1 Å². The normalized spacial score (nSPS) is 37.0. The van der Waals surface area contributed by atoms with Crippen LogP contribution >= 0.6 is 22.6 Å². The lowest BCUT2D eigenvalue weighted by molar-refractivity contribution is -0.337. The number of hydrogen-bond acceptors (Lipinski definition) is 8. The van der Waals surface area contributed by atoms with Gasteiger partial charge < -0.3 is 34.3 Å². The first-order valence-corrected chi connectivity index (χ1v) is 18.5. The van der Waals surface area contributed by atoms with Crippen molar-refractivity contribution in [3.8, 4) is 0 Å². The average molecular weight is 773 g/mol. The van der Waals surface area contributed by atoms with Crippen LogP contribution in [0.1, 0.15) is 93.4 Å². The van der Waals surface area contributed by atoms with Crippen LogP contribution in [0, 0.1) is 23.7 Å². The van der Waals surface area contributed by atoms with Gasteiger partial charge in [-0.25, -0.2) is 0 Å². The first-order chi connectivity index (χ1) is 22.2. The topological polar surface area (TPSA) is 115 Å². The number of rotatable bonds is 6. The van der Waals surface area contributed by atoms with E-state index in [1.807, 2.05) is 56.9 Å². The molecule has 0 aromatic carbocycles. The highest BCUT2D eigenvalue weighted by Crippen LogP contribution is 2.39. The van der Waals surface area contributed by atoms with Crippen molar-refractivity contribution in [3.63, 3.8) is 0 Å². The SMILES string of the molecule is CO[C@@H]1C/C=C\C=C\C[C@H](C)[C@H]2OC(C)(C)O[C@H]([C@H]2C)[C@H](C)[C@H](O)CC(=O)O[C@H]([C@H](C)[C@H](O)/C=C(C)/C=C/C=C/I)C[C@H](O)CCC1. The molecule has 2 heterocycles. The highest BCUT2D eigenvalue weighted by atomic mass is 127. The van der Waals surface area contributed by atoms with E-state index < -0.39 is 42.1 Å². The Labute approximate surface area is 297 Å². The fraction of sp³-hybridized carbons (Fsp3) is 0.711. The zero-order valence-corrected chi connectivity index (χ0v) is 31.9. The smallest absolute Gasteiger partial charge is 0.308 e. The Kier molecular flexibility index (Phi) is 18.7. The van der Waals surface area contributed by atoms with Crippen molar-refractivity contribution in [2.45, 2.75) is 142 Å². The summed E-state index contributed by atoms with van der Waals surface area (Å²) < 4.78 is 26.3. The molecule has 3 N–H and O–H groups in total. The predicted molar refractivity (Wildman–Crippen MR) is 196 cm³/mol. The van der Waals surface area contributed by atoms with Crippen LogP contribution in [-0.4, -0.2) is 76.9 Å². The first kappa shape index (κ1) is 41.8. The summed E-state index contributed by atoms with van der Waals surface area (Å²) in [6.07, 6.45) is 15.5. The highest BCUT2D eigenvalue weighted by Gasteiger charge is 2.46. The Bertz CT molecular complexity index is 1080. The molecule has 0 spiro atoms. The van der Waals surface area contributed by atoms with Crippen LogP contribution in [0.4, 0.5) is 0 Å². The van der Waals surface area contributed by atoms with Gasteiger partial charge in [0.05, 0.1) is 43.0 Å². The van der Waals surface area contributed by atoms with Crippen molar-refractivity contribution in [3.05, 3.63) is 58.3 Å². The molecule has 0 amide bonds. The first-order valence-electron chi connectivity index (χ1n) is 17.2. The standard InChI is InChI=1S/C38H61IO8/c1-25(16-13-14-21-39)22-32(41)27(3)34-23-30(40)18-15-20-31(44-8)19-12-10-9-11-17-26(2)36-29(5)37(47-38(6,7)46-36)28(4)33(42)24-35(43)45-34/h9-14,16,21-22,26-34,36-37,40-42H,15,17-20,23-24H2,1-8H3/b11-9+,12-10-,16-13+,21-14+,25-22+/t26-,27+,28+,29-,30+,31+,32+,33+,34-,36+,37-/m0/s1. The zero-order valence-electron chi connectivity index (χ0n) is 29.8. The molecule has 0 saturated carbocycles. The van der Waals surface area contributed by atoms with Crippen LogP contribution in [-0.2, 0) is 23.7 Å². The number of ether oxygens (including phenoxy) is 4. The summed E-state index contributed by atoms with van der Waals surface area (Å²) in [4.78, 5) is 13.4. The number of carbonyl (C=O) groups is 1. The molecular formula is C38H61IO8. The molecule has 2 bridgehead atoms. The molecule has 268 valence electrons. The lowest BCUT2D eigenvalue weighted by atomic mass is 9.79. The van der Waals surface area contributed by atoms with Crippen molar-refractivity contribution in [1.29, 1.82) is 0 Å². The molecule has 0 aromatic rings. The Morgan fingerprint density at radius 1 is 1.04 bits per heavy atom. The second-order valence-electron chi connectivity index (χ2n) is 14.0. The number of halogens is 1. The van der Waals surface area contributed by atoms with E-state index >= 15 is 0 Å². The van der Waals surface area contributed by atoms with Crippen LogP contribution in [0.3, 0.4) is 0 Å². The highest BCUT2D eigenvalue weighted by molar-refractivity contribution is 14.1. The molecular weight excluding hydrogens is 711 g/mol. The Morgan fingerprint density at radius 3 is 2.36 bits per heavy atom. The molecule has 1 fully saturated rings. The third-order valence-electron chi connectivity index (χ3n) is 9.51. The molecule has 8 nitrogen and oxygen atoms in total. The summed E-state index contributed by atoms with van der Waals surface area (Å²) in [6.45, 7) is 13.7. The van der Waals surface area contributed by atoms with Gasteiger partial charge >= 0.3 is 5.97 Å². The summed E-state index contributed by atoms with van der Waals surface area (Å²) in [5.41, 5.74) is 0.865. The van der Waals surface area contributed by atoms with Crippen LogP contribution in [0.5, 0.6) is 0 Å². The number of aliphatic hydroxyl groups is 3. The van der Waals surface area contributed by atoms with Gasteiger partial charge in [0.15, 0.2) is 5.79 Å². The Morgan fingerprint density at radius 2 is 1.70 bits per heavy atom. The number of fused-ring (bicyclic) bond motifs is 2. The minimum Gasteiger partial charge on any atom is -0.462 e. The van der Waals surface area contributed by atoms with Crippen molar-refractivity contribution < 1.29 is 39.1 Å². The van der Waals surface area contributed by atoms with Crippen molar-refractivity contribution in [2.24, 2.45) is 23.7 Å². The molecule has 1 saturated heterocycles. The van der Waals surface area contributed by atoms with E-state index in [-0.39, 0.29) is 48.9 Å². The summed E-state index contributed by atoms with van der Waals surface area (Å²) in [6, 6.07) is 0. The number of allylic oxidation sites excluding steroid dienone is 7. The molecule has 2 aliphatic heterocycles. The van der Waals surface area contributed by atoms with Crippen molar-refractivity contribution in [1.82, 2.24) is 0 Å². The summed E-state index contributed by atoms with van der Waals surface area (Å²) in [7, 11) is 1.71. The van der Waals surface area contributed by atoms with Gasteiger partial charge in [-0.2, -0.15) is 0 Å². The number of methoxy groups -OCH3 is 1. The summed E-state index contributed by atoms with van der Waals surface area (Å²) in [5, 5.41) is 33.5. The van der Waals surface area contributed by atoms with Gasteiger partial charge in [-0.3, -0.25) is 4.79 Å². The maximum Gasteiger partial charge on any atom is 0.308 e. The molecule has 0 radical (unpaired) electrons. The lowest BCUT2D eigenvalue weighted by Gasteiger charge is -2.49. The number of cyclic esters (lactones) is 1. The van der Waals surface area contributed by atoms with Gasteiger partial charge in [0.1, 0.15) is 6.10 Å². The Balaban J connectivity index is 2.35. The molecule has 11 atom stereocenters. The number of hydrogen-bond donors (Lipinski definition) is 3. The van der Waals surface area contributed by atoms with Gasteiger partial charge in [0.25, 0.3) is 0 Å². The van der Waals surface area contributed by atoms with E-state index in [1.54, 1.807) is 13.2 Å². The van der Waals surface area contributed by atoms with Gasteiger partial charge in [-0.15, -0.1) is 0 Å². The third-order valence-corrected chi connectivity index (χ3v) is 9.93. The second kappa shape index (κ2) is 21.0. The Hall–Kier alpha value is -1.34. The van der Waals surface area contributed by atoms with Crippen molar-refractivity contribution >= 4 is 28.6 Å². The van der Waals surface area contributed by atoms with Gasteiger partial charge in [0, 0.05) is 31.3 Å². The van der Waals surface area contributed by atoms with Gasteiger partial charge in [0.2, 0.25) is 0 Å². The number of aliphatic hydroxyl groups excluding tert-OH is 3. The third kappa shape index (κ3) is 14.6. The second-order valence-corrected chi connectivity index (χ2v) is 14.7. The van der Waals surface area contributed by atoms with Crippen LogP contribution in [0.15, 0.2) is 58.3 Å². The van der Waals surface area contributed by atoms with E-state index in [1.165, 1.54) is 0 Å². The zero-order chi connectivity index (χ0) is 35.1. The lowest BCUT2D eigenvalue weighted by Crippen LogP contribution is -2.55. The molecule has 0 aromatic heterocycles. The molecule has 2 rings (SSSR count). The summed E-state index contributed by atoms with van der Waals surface area (Å²) >= 11 is 2.14. The maximum atomic E-state index is 13.4. The van der Waals surface area contributed by atoms with Gasteiger partial charge in [-0.05, 0) is 62.9 Å².